The van der Waals surface area contributed by atoms with Crippen LogP contribution in [0.4, 0.5) is 26.3 Å². The molecule has 2 atom stereocenters. The molecule has 1 heterocycles. The van der Waals surface area contributed by atoms with Crippen LogP contribution in [0.15, 0.2) is 0 Å². The number of nitriles is 1. The van der Waals surface area contributed by atoms with Gasteiger partial charge in [-0.1, -0.05) is 0 Å². The fourth-order valence-corrected chi connectivity index (χ4v) is 3.26. The molecule has 0 saturated carbocycles. The number of nitrogens with zero attached hydrogens (tertiary/aromatic N) is 1. The third-order valence-electron chi connectivity index (χ3n) is 4.64. The smallest absolute Gasteiger partial charge is 0.741 e. The van der Waals surface area contributed by atoms with Crippen LogP contribution in [0.25, 0.3) is 0 Å². The summed E-state index contributed by atoms with van der Waals surface area (Å²) in [5, 5.41) is 35.9. The minimum atomic E-state index is -6.09. The van der Waals surface area contributed by atoms with Gasteiger partial charge < -0.3 is 46.4 Å². The second kappa shape index (κ2) is 24.5. The van der Waals surface area contributed by atoms with E-state index in [0.29, 0.717) is 12.1 Å². The molecule has 1 aliphatic heterocycles. The van der Waals surface area contributed by atoms with Gasteiger partial charge >= 0.3 is 30.5 Å². The van der Waals surface area contributed by atoms with Crippen molar-refractivity contribution in [3.8, 4) is 6.07 Å². The second-order valence-electron chi connectivity index (χ2n) is 9.76. The van der Waals surface area contributed by atoms with Crippen LogP contribution in [0.5, 0.6) is 0 Å². The zero-order valence-corrected chi connectivity index (χ0v) is 27.8. The van der Waals surface area contributed by atoms with Crippen molar-refractivity contribution in [2.75, 3.05) is 26.2 Å². The van der Waals surface area contributed by atoms with E-state index >= 15 is 0 Å². The first-order valence-corrected chi connectivity index (χ1v) is 14.4. The third kappa shape index (κ3) is 34.0. The molecule has 0 aromatic carbocycles. The summed E-state index contributed by atoms with van der Waals surface area (Å²) < 4.78 is 118. The Morgan fingerprint density at radius 2 is 0.907 bits per heavy atom. The molecule has 1 radical (unpaired) electrons. The molecule has 263 valence electrons. The Morgan fingerprint density at radius 1 is 0.721 bits per heavy atom. The fourth-order valence-electron chi connectivity index (χ4n) is 3.26. The Kier molecular flexibility index (Phi) is 31.1. The summed E-state index contributed by atoms with van der Waals surface area (Å²) >= 11 is 0. The molecular weight excluding hydrogens is 735 g/mol. The zero-order valence-electron chi connectivity index (χ0n) is 24.5. The summed E-state index contributed by atoms with van der Waals surface area (Å²) in [6.07, 6.45) is 2.29. The molecule has 0 unspecified atom stereocenters. The van der Waals surface area contributed by atoms with Gasteiger partial charge in [-0.15, -0.1) is 0 Å². The van der Waals surface area contributed by atoms with Gasteiger partial charge in [-0.25, -0.2) is 16.8 Å². The number of alkyl halides is 6. The normalized spacial score (nSPS) is 21.0. The number of hydrogen-bond acceptors (Lipinski definition) is 12. The quantitative estimate of drug-likeness (QED) is 0.0632. The van der Waals surface area contributed by atoms with Crippen molar-refractivity contribution in [1.29, 1.82) is 5.26 Å². The Bertz CT molecular complexity index is 880. The molecule has 1 fully saturated rings. The number of rotatable bonds is 0. The standard InChI is InChI=1S/C16H36N4.C2H3N.2CHF3O3S.O2.H2O.Rh/c1-13-11-15(3,4)19-10-8-18-14(2)12-16(5,6)20-9-7-17-13;1-2-3;2*2-1(3,4)8(5,6)7;1-2;;/h13-14,17-20H,7-12H2,1-6H3;1H3;2*(H,5,6,7);;1H2;/q;;;;-1;;+3/p-2/t13-,14+;;;;;;. The molecule has 0 aromatic rings. The summed E-state index contributed by atoms with van der Waals surface area (Å²) in [5.41, 5.74) is -10.9. The Morgan fingerprint density at radius 3 is 1.07 bits per heavy atom. The minimum Gasteiger partial charge on any atom is -0.741 e. The summed E-state index contributed by atoms with van der Waals surface area (Å²) in [7, 11) is -12.2. The molecule has 1 aliphatic rings. The van der Waals surface area contributed by atoms with E-state index in [-0.39, 0.29) is 36.0 Å². The molecule has 23 heteroatoms. The maximum Gasteiger partial charge on any atom is 3.00 e. The van der Waals surface area contributed by atoms with Crippen LogP contribution in [-0.4, -0.2) is 91.8 Å². The molecule has 0 aromatic heterocycles. The van der Waals surface area contributed by atoms with Gasteiger partial charge in [0.05, 0.1) is 6.07 Å². The summed E-state index contributed by atoms with van der Waals surface area (Å²) in [6.45, 7) is 19.3. The van der Waals surface area contributed by atoms with E-state index in [1.807, 2.05) is 0 Å². The van der Waals surface area contributed by atoms with E-state index in [1.54, 1.807) is 6.07 Å². The zero-order chi connectivity index (χ0) is 33.9. The van der Waals surface area contributed by atoms with Gasteiger partial charge in [0.2, 0.25) is 0 Å². The monoisotopic (exact) mass is 776 g/mol. The maximum atomic E-state index is 10.7. The average molecular weight is 777 g/mol. The van der Waals surface area contributed by atoms with E-state index in [4.69, 9.17) is 41.7 Å². The fraction of sp³-hybridized carbons (Fsp3) is 0.950. The van der Waals surface area contributed by atoms with Crippen LogP contribution in [0.1, 0.15) is 61.3 Å². The van der Waals surface area contributed by atoms with Gasteiger partial charge in [-0.2, -0.15) is 31.6 Å². The van der Waals surface area contributed by atoms with Crippen LogP contribution < -0.4 is 26.5 Å². The predicted molar refractivity (Wildman–Crippen MR) is 135 cm³/mol. The van der Waals surface area contributed by atoms with Crippen LogP contribution in [0.2, 0.25) is 0 Å². The summed E-state index contributed by atoms with van der Waals surface area (Å²) in [4.78, 5) is 0. The van der Waals surface area contributed by atoms with Crippen LogP contribution in [0, 0.1) is 11.3 Å². The van der Waals surface area contributed by atoms with Crippen molar-refractivity contribution < 1.29 is 87.8 Å². The maximum absolute atomic E-state index is 10.7. The predicted octanol–water partition coefficient (Wildman–Crippen LogP) is -0.0295. The van der Waals surface area contributed by atoms with Gasteiger partial charge in [0.1, 0.15) is 0 Å². The van der Waals surface area contributed by atoms with Gasteiger partial charge in [0, 0.05) is 56.3 Å². The van der Waals surface area contributed by atoms with Gasteiger partial charge in [0.15, 0.2) is 20.2 Å². The molecule has 6 N–H and O–H groups in total. The molecule has 1 saturated heterocycles. The molecule has 0 aliphatic carbocycles. The molecule has 43 heavy (non-hydrogen) atoms. The average Bonchev–Trinajstić information content (AvgIpc) is 2.73. The Balaban J connectivity index is -0.000000124. The molecule has 1 rings (SSSR count). The van der Waals surface area contributed by atoms with E-state index in [2.05, 4.69) is 62.8 Å². The van der Waals surface area contributed by atoms with Crippen molar-refractivity contribution in [2.45, 2.75) is 95.5 Å². The largest absolute Gasteiger partial charge is 3.00 e. The first kappa shape index (κ1) is 54.7. The van der Waals surface area contributed by atoms with Crippen molar-refractivity contribution in [3.63, 3.8) is 0 Å². The van der Waals surface area contributed by atoms with E-state index in [1.165, 1.54) is 6.92 Å². The van der Waals surface area contributed by atoms with E-state index in [0.717, 1.165) is 39.0 Å². The van der Waals surface area contributed by atoms with E-state index in [9.17, 15) is 26.3 Å². The Labute approximate surface area is 261 Å². The van der Waals surface area contributed by atoms with Crippen LogP contribution in [-0.2, 0) is 45.0 Å². The van der Waals surface area contributed by atoms with Crippen molar-refractivity contribution in [1.82, 2.24) is 21.3 Å². The van der Waals surface area contributed by atoms with Crippen LogP contribution in [0.3, 0.4) is 0 Å². The summed E-state index contributed by atoms with van der Waals surface area (Å²) in [6, 6.07) is 2.83. The molecular formula is C20H41F6N5O9RhS2. The van der Waals surface area contributed by atoms with Crippen molar-refractivity contribution >= 4 is 20.2 Å². The Hall–Kier alpha value is -0.767. The molecule has 0 amide bonds. The SMILES string of the molecule is CC#N.C[C@@H]1CC(C)(C)NCCN[C@@H](C)CC(C)(C)NCCN1.O.O=S(=O)([O-])C(F)(F)F.O=S(=O)([O-])C(F)(F)F.[O][O-].[Rh+3]. The van der Waals surface area contributed by atoms with Crippen LogP contribution >= 0.6 is 0 Å². The van der Waals surface area contributed by atoms with Gasteiger partial charge in [-0.05, 0) is 54.4 Å². The summed E-state index contributed by atoms with van der Waals surface area (Å²) in [5.74, 6) is 0. The first-order chi connectivity index (χ1) is 18.1. The molecule has 14 nitrogen and oxygen atoms in total. The van der Waals surface area contributed by atoms with Crippen molar-refractivity contribution in [3.05, 3.63) is 0 Å². The van der Waals surface area contributed by atoms with Gasteiger partial charge in [-0.3, -0.25) is 0 Å². The number of halogens is 6. The number of hydrogen-bond donors (Lipinski definition) is 4. The number of nitrogens with one attached hydrogen (secondary N) is 4. The molecule has 0 spiro atoms. The molecule has 0 bridgehead atoms. The van der Waals surface area contributed by atoms with Gasteiger partial charge in [0.25, 0.3) is 0 Å². The first-order valence-electron chi connectivity index (χ1n) is 11.6. The third-order valence-corrected chi connectivity index (χ3v) is 5.78. The topological polar surface area (TPSA) is 261 Å². The van der Waals surface area contributed by atoms with Crippen molar-refractivity contribution in [2.24, 2.45) is 0 Å². The second-order valence-corrected chi connectivity index (χ2v) is 12.5. The minimum absolute atomic E-state index is 0. The van der Waals surface area contributed by atoms with E-state index < -0.39 is 31.3 Å².